The largest absolute Gasteiger partial charge is 0.478 e. The third kappa shape index (κ3) is 3.20. The smallest absolute Gasteiger partial charge is 0.337 e. The van der Waals surface area contributed by atoms with Gasteiger partial charge in [0.25, 0.3) is 5.56 Å². The highest BCUT2D eigenvalue weighted by Crippen LogP contribution is 2.11. The van der Waals surface area contributed by atoms with Crippen LogP contribution in [0.3, 0.4) is 0 Å². The van der Waals surface area contributed by atoms with Gasteiger partial charge in [0, 0.05) is 18.3 Å². The van der Waals surface area contributed by atoms with Gasteiger partial charge in [-0.3, -0.25) is 4.79 Å². The van der Waals surface area contributed by atoms with Crippen LogP contribution in [0, 0.1) is 13.8 Å². The predicted octanol–water partition coefficient (Wildman–Crippen LogP) is 1.12. The number of aryl methyl sites for hydroxylation is 1. The molecule has 0 spiro atoms. The summed E-state index contributed by atoms with van der Waals surface area (Å²) >= 11 is 0. The fraction of sp³-hybridized carbons (Fsp3) is 0.538. The molecule has 5 heteroatoms. The van der Waals surface area contributed by atoms with Crippen molar-refractivity contribution >= 4 is 5.97 Å². The molecule has 1 rings (SSSR count). The fourth-order valence-electron chi connectivity index (χ4n) is 2.07. The maximum Gasteiger partial charge on any atom is 0.337 e. The lowest BCUT2D eigenvalue weighted by Crippen LogP contribution is -2.27. The fourth-order valence-corrected chi connectivity index (χ4v) is 2.07. The molecule has 0 amide bonds. The summed E-state index contributed by atoms with van der Waals surface area (Å²) in [6.07, 6.45) is 0.815. The summed E-state index contributed by atoms with van der Waals surface area (Å²) in [5, 5.41) is 9.15. The van der Waals surface area contributed by atoms with E-state index in [1.165, 1.54) is 6.07 Å². The molecular weight excluding hydrogens is 232 g/mol. The molecule has 0 aliphatic heterocycles. The van der Waals surface area contributed by atoms with Crippen molar-refractivity contribution < 1.29 is 9.90 Å². The molecule has 18 heavy (non-hydrogen) atoms. The molecule has 5 nitrogen and oxygen atoms in total. The second-order valence-corrected chi connectivity index (χ2v) is 4.74. The van der Waals surface area contributed by atoms with E-state index in [-0.39, 0.29) is 11.1 Å². The first kappa shape index (κ1) is 14.4. The van der Waals surface area contributed by atoms with Gasteiger partial charge in [0.1, 0.15) is 0 Å². The molecule has 0 bridgehead atoms. The number of carboxylic acid groups (broad SMARTS) is 1. The summed E-state index contributed by atoms with van der Waals surface area (Å²) in [4.78, 5) is 25.1. The van der Waals surface area contributed by atoms with Gasteiger partial charge in [-0.1, -0.05) is 0 Å². The van der Waals surface area contributed by atoms with Gasteiger partial charge in [0.05, 0.1) is 5.56 Å². The van der Waals surface area contributed by atoms with Crippen molar-refractivity contribution in [3.05, 3.63) is 33.2 Å². The Morgan fingerprint density at radius 1 is 1.39 bits per heavy atom. The number of pyridine rings is 1. The van der Waals surface area contributed by atoms with E-state index in [1.807, 2.05) is 19.0 Å². The maximum atomic E-state index is 11.9. The van der Waals surface area contributed by atoms with Crippen molar-refractivity contribution in [1.29, 1.82) is 0 Å². The number of hydrogen-bond acceptors (Lipinski definition) is 3. The van der Waals surface area contributed by atoms with Crippen LogP contribution in [0.15, 0.2) is 10.9 Å². The number of hydrogen-bond donors (Lipinski definition) is 1. The van der Waals surface area contributed by atoms with Crippen LogP contribution in [0.5, 0.6) is 0 Å². The number of rotatable bonds is 5. The number of nitrogens with zero attached hydrogens (tertiary/aromatic N) is 2. The molecular formula is C13H20N2O3. The second kappa shape index (κ2) is 5.82. The normalized spacial score (nSPS) is 10.9. The predicted molar refractivity (Wildman–Crippen MR) is 70.3 cm³/mol. The van der Waals surface area contributed by atoms with E-state index >= 15 is 0 Å². The van der Waals surface area contributed by atoms with Crippen molar-refractivity contribution in [1.82, 2.24) is 9.47 Å². The maximum absolute atomic E-state index is 11.9. The van der Waals surface area contributed by atoms with Crippen molar-refractivity contribution in [3.63, 3.8) is 0 Å². The molecule has 1 aromatic rings. The van der Waals surface area contributed by atoms with Gasteiger partial charge in [-0.05, 0) is 46.5 Å². The number of carboxylic acids is 1. The quantitative estimate of drug-likeness (QED) is 0.853. The first-order valence-electron chi connectivity index (χ1n) is 5.93. The standard InChI is InChI=1S/C13H20N2O3/c1-9-8-11(16)15(7-5-6-14(3)4)10(2)12(9)13(17)18/h8H,5-7H2,1-4H3,(H,17,18). The van der Waals surface area contributed by atoms with Crippen LogP contribution in [0.4, 0.5) is 0 Å². The Morgan fingerprint density at radius 3 is 2.50 bits per heavy atom. The highest BCUT2D eigenvalue weighted by molar-refractivity contribution is 5.90. The van der Waals surface area contributed by atoms with Crippen molar-refractivity contribution in [3.8, 4) is 0 Å². The van der Waals surface area contributed by atoms with Crippen molar-refractivity contribution in [2.24, 2.45) is 0 Å². The van der Waals surface area contributed by atoms with Gasteiger partial charge < -0.3 is 14.6 Å². The van der Waals surface area contributed by atoms with Crippen LogP contribution in [-0.4, -0.2) is 41.2 Å². The van der Waals surface area contributed by atoms with Crippen molar-refractivity contribution in [2.75, 3.05) is 20.6 Å². The van der Waals surface area contributed by atoms with E-state index < -0.39 is 5.97 Å². The van der Waals surface area contributed by atoms with E-state index in [0.29, 0.717) is 17.8 Å². The molecule has 0 aliphatic rings. The average Bonchev–Trinajstić information content (AvgIpc) is 2.21. The summed E-state index contributed by atoms with van der Waals surface area (Å²) in [5.41, 5.74) is 1.16. The Kier molecular flexibility index (Phi) is 4.67. The van der Waals surface area contributed by atoms with E-state index in [0.717, 1.165) is 13.0 Å². The van der Waals surface area contributed by atoms with Crippen LogP contribution >= 0.6 is 0 Å². The zero-order valence-electron chi connectivity index (χ0n) is 11.4. The minimum absolute atomic E-state index is 0.131. The number of aromatic nitrogens is 1. The average molecular weight is 252 g/mol. The Hall–Kier alpha value is -1.62. The van der Waals surface area contributed by atoms with Crippen LogP contribution in [0.1, 0.15) is 28.0 Å². The molecule has 0 aromatic carbocycles. The van der Waals surface area contributed by atoms with Crippen LogP contribution < -0.4 is 5.56 Å². The van der Waals surface area contributed by atoms with E-state index in [9.17, 15) is 9.59 Å². The Morgan fingerprint density at radius 2 is 2.00 bits per heavy atom. The van der Waals surface area contributed by atoms with Gasteiger partial charge >= 0.3 is 5.97 Å². The SMILES string of the molecule is Cc1cc(=O)n(CCCN(C)C)c(C)c1C(=O)O. The van der Waals surface area contributed by atoms with Crippen LogP contribution in [-0.2, 0) is 6.54 Å². The third-order valence-electron chi connectivity index (χ3n) is 2.97. The molecule has 0 radical (unpaired) electrons. The molecule has 0 saturated heterocycles. The van der Waals surface area contributed by atoms with Gasteiger partial charge in [0.15, 0.2) is 0 Å². The molecule has 0 fully saturated rings. The third-order valence-corrected chi connectivity index (χ3v) is 2.97. The van der Waals surface area contributed by atoms with Crippen LogP contribution in [0.25, 0.3) is 0 Å². The molecule has 0 atom stereocenters. The lowest BCUT2D eigenvalue weighted by atomic mass is 10.1. The Bertz CT molecular complexity index is 504. The second-order valence-electron chi connectivity index (χ2n) is 4.74. The zero-order chi connectivity index (χ0) is 13.9. The van der Waals surface area contributed by atoms with Gasteiger partial charge in [0.2, 0.25) is 0 Å². The lowest BCUT2D eigenvalue weighted by Gasteiger charge is -2.15. The van der Waals surface area contributed by atoms with E-state index in [2.05, 4.69) is 0 Å². The molecule has 1 heterocycles. The summed E-state index contributed by atoms with van der Waals surface area (Å²) in [6.45, 7) is 4.75. The summed E-state index contributed by atoms with van der Waals surface area (Å²) in [6, 6.07) is 1.39. The van der Waals surface area contributed by atoms with E-state index in [4.69, 9.17) is 5.11 Å². The molecule has 1 N–H and O–H groups in total. The minimum atomic E-state index is -0.980. The monoisotopic (exact) mass is 252 g/mol. The van der Waals surface area contributed by atoms with Crippen molar-refractivity contribution in [2.45, 2.75) is 26.8 Å². The number of aromatic carboxylic acids is 1. The van der Waals surface area contributed by atoms with Gasteiger partial charge in [-0.2, -0.15) is 0 Å². The summed E-state index contributed by atoms with van der Waals surface area (Å²) in [5.74, 6) is -0.980. The van der Waals surface area contributed by atoms with E-state index in [1.54, 1.807) is 18.4 Å². The minimum Gasteiger partial charge on any atom is -0.478 e. The first-order chi connectivity index (χ1) is 8.34. The lowest BCUT2D eigenvalue weighted by molar-refractivity contribution is 0.0694. The molecule has 1 aromatic heterocycles. The molecule has 0 aliphatic carbocycles. The van der Waals surface area contributed by atoms with Gasteiger partial charge in [-0.25, -0.2) is 4.79 Å². The Balaban J connectivity index is 3.08. The zero-order valence-corrected chi connectivity index (χ0v) is 11.4. The highest BCUT2D eigenvalue weighted by Gasteiger charge is 2.15. The Labute approximate surface area is 107 Å². The number of carbonyl (C=O) groups is 1. The summed E-state index contributed by atoms with van der Waals surface area (Å²) in [7, 11) is 3.93. The topological polar surface area (TPSA) is 62.5 Å². The molecule has 0 unspecified atom stereocenters. The molecule has 100 valence electrons. The first-order valence-corrected chi connectivity index (χ1v) is 5.93. The summed E-state index contributed by atoms with van der Waals surface area (Å²) < 4.78 is 1.54. The molecule has 0 saturated carbocycles. The van der Waals surface area contributed by atoms with Crippen LogP contribution in [0.2, 0.25) is 0 Å². The highest BCUT2D eigenvalue weighted by atomic mass is 16.4. The van der Waals surface area contributed by atoms with Gasteiger partial charge in [-0.15, -0.1) is 0 Å².